The Morgan fingerprint density at radius 1 is 1.00 bits per heavy atom. The lowest BCUT2D eigenvalue weighted by Crippen LogP contribution is -2.48. The first kappa shape index (κ1) is 22.8. The molecule has 0 aliphatic heterocycles. The number of aliphatic carboxylic acids is 1. The van der Waals surface area contributed by atoms with Gasteiger partial charge in [-0.05, 0) is 42.0 Å². The summed E-state index contributed by atoms with van der Waals surface area (Å²) in [6.07, 6.45) is 1.43. The van der Waals surface area contributed by atoms with Gasteiger partial charge in [0.05, 0.1) is 11.8 Å². The van der Waals surface area contributed by atoms with Crippen LogP contribution in [0.25, 0.3) is 11.1 Å². The number of fused-ring (bicyclic) bond motifs is 3. The summed E-state index contributed by atoms with van der Waals surface area (Å²) in [6, 6.07) is 15.4. The van der Waals surface area contributed by atoms with E-state index in [9.17, 15) is 19.5 Å². The smallest absolute Gasteiger partial charge is 0.407 e. The Kier molecular flexibility index (Phi) is 6.67. The number of carboxylic acids is 1. The zero-order valence-corrected chi connectivity index (χ0v) is 18.9. The summed E-state index contributed by atoms with van der Waals surface area (Å²) in [6.45, 7) is 3.67. The summed E-state index contributed by atoms with van der Waals surface area (Å²) in [5, 5.41) is 14.9. The Morgan fingerprint density at radius 3 is 2.21 bits per heavy atom. The number of carbonyl (C=O) groups excluding carboxylic acids is 2. The van der Waals surface area contributed by atoms with Gasteiger partial charge < -0.3 is 20.5 Å². The van der Waals surface area contributed by atoms with Gasteiger partial charge in [-0.15, -0.1) is 0 Å². The number of ether oxygens (including phenoxy) is 1. The molecule has 4 rings (SSSR count). The third-order valence-electron chi connectivity index (χ3n) is 7.01. The van der Waals surface area contributed by atoms with Crippen LogP contribution in [0.3, 0.4) is 0 Å². The van der Waals surface area contributed by atoms with Crippen LogP contribution in [0, 0.1) is 11.8 Å². The Hall–Kier alpha value is -3.35. The van der Waals surface area contributed by atoms with Crippen LogP contribution in [-0.2, 0) is 14.3 Å². The van der Waals surface area contributed by atoms with Crippen LogP contribution in [0.2, 0.25) is 0 Å². The number of alkyl carbamates (subject to hydrolysis) is 1. The number of amides is 2. The van der Waals surface area contributed by atoms with E-state index in [0.29, 0.717) is 12.8 Å². The maximum Gasteiger partial charge on any atom is 0.407 e. The number of nitrogens with one attached hydrogen (secondary N) is 2. The van der Waals surface area contributed by atoms with Gasteiger partial charge in [-0.2, -0.15) is 0 Å². The van der Waals surface area contributed by atoms with Crippen molar-refractivity contribution in [2.75, 3.05) is 6.61 Å². The van der Waals surface area contributed by atoms with Crippen molar-refractivity contribution in [3.05, 3.63) is 59.7 Å². The Balaban J connectivity index is 1.32. The Labute approximate surface area is 193 Å². The minimum absolute atomic E-state index is 0.0329. The molecule has 0 spiro atoms. The predicted octanol–water partition coefficient (Wildman–Crippen LogP) is 3.92. The number of rotatable bonds is 7. The minimum atomic E-state index is -0.879. The molecule has 4 atom stereocenters. The lowest BCUT2D eigenvalue weighted by Gasteiger charge is -2.24. The molecule has 7 nitrogen and oxygen atoms in total. The number of hydrogen-bond acceptors (Lipinski definition) is 4. The van der Waals surface area contributed by atoms with Crippen LogP contribution < -0.4 is 10.6 Å². The summed E-state index contributed by atoms with van der Waals surface area (Å²) in [5.41, 5.74) is 4.59. The fourth-order valence-electron chi connectivity index (χ4n) is 4.92. The fourth-order valence-corrected chi connectivity index (χ4v) is 4.92. The van der Waals surface area contributed by atoms with Gasteiger partial charge in [0, 0.05) is 18.0 Å². The van der Waals surface area contributed by atoms with E-state index in [1.807, 2.05) is 24.3 Å². The standard InChI is InChI=1S/C26H30N2O5/c1-15(24(29)28-23-13-7-12-21(23)25(30)31)16(2)27-26(32)33-14-22-19-10-5-3-8-17(19)18-9-4-6-11-20(18)22/h3-6,8-11,15-16,21-23H,7,12-14H2,1-2H3,(H,27,32)(H,28,29)(H,30,31)/t15?,16?,21-,23+/m0/s1. The molecule has 2 unspecified atom stereocenters. The molecule has 0 bridgehead atoms. The largest absolute Gasteiger partial charge is 0.481 e. The van der Waals surface area contributed by atoms with Crippen molar-refractivity contribution in [1.29, 1.82) is 0 Å². The molecule has 3 N–H and O–H groups in total. The highest BCUT2D eigenvalue weighted by Gasteiger charge is 2.35. The van der Waals surface area contributed by atoms with Gasteiger partial charge in [0.2, 0.25) is 5.91 Å². The van der Waals surface area contributed by atoms with E-state index in [4.69, 9.17) is 4.74 Å². The molecule has 0 heterocycles. The molecule has 2 aromatic rings. The van der Waals surface area contributed by atoms with Crippen LogP contribution in [0.4, 0.5) is 4.79 Å². The lowest BCUT2D eigenvalue weighted by atomic mass is 9.98. The molecule has 7 heteroatoms. The van der Waals surface area contributed by atoms with Crippen LogP contribution in [0.5, 0.6) is 0 Å². The van der Waals surface area contributed by atoms with E-state index in [1.54, 1.807) is 13.8 Å². The SMILES string of the molecule is CC(NC(=O)OCC1c2ccccc2-c2ccccc21)C(C)C(=O)N[C@@H]1CCC[C@@H]1C(=O)O. The quantitative estimate of drug-likeness (QED) is 0.593. The second kappa shape index (κ2) is 9.65. The van der Waals surface area contributed by atoms with Gasteiger partial charge in [-0.3, -0.25) is 9.59 Å². The van der Waals surface area contributed by atoms with E-state index in [-0.39, 0.29) is 24.5 Å². The lowest BCUT2D eigenvalue weighted by molar-refractivity contribution is -0.142. The molecule has 2 aliphatic rings. The molecule has 174 valence electrons. The van der Waals surface area contributed by atoms with E-state index in [2.05, 4.69) is 34.9 Å². The fraction of sp³-hybridized carbons (Fsp3) is 0.423. The molecular formula is C26H30N2O5. The first-order valence-corrected chi connectivity index (χ1v) is 11.5. The summed E-state index contributed by atoms with van der Waals surface area (Å²) in [7, 11) is 0. The van der Waals surface area contributed by atoms with Gasteiger partial charge in [-0.1, -0.05) is 61.9 Å². The van der Waals surface area contributed by atoms with Gasteiger partial charge >= 0.3 is 12.1 Å². The normalized spacial score (nSPS) is 20.9. The maximum atomic E-state index is 12.6. The van der Waals surface area contributed by atoms with Crippen molar-refractivity contribution in [2.45, 2.75) is 51.1 Å². The molecule has 2 aromatic carbocycles. The topological polar surface area (TPSA) is 105 Å². The molecule has 1 fully saturated rings. The van der Waals surface area contributed by atoms with Crippen LogP contribution >= 0.6 is 0 Å². The highest BCUT2D eigenvalue weighted by molar-refractivity contribution is 5.82. The second-order valence-electron chi connectivity index (χ2n) is 9.04. The molecule has 2 amide bonds. The van der Waals surface area contributed by atoms with Crippen molar-refractivity contribution in [1.82, 2.24) is 10.6 Å². The van der Waals surface area contributed by atoms with Crippen molar-refractivity contribution >= 4 is 18.0 Å². The highest BCUT2D eigenvalue weighted by Crippen LogP contribution is 2.44. The van der Waals surface area contributed by atoms with Crippen molar-refractivity contribution < 1.29 is 24.2 Å². The average molecular weight is 451 g/mol. The highest BCUT2D eigenvalue weighted by atomic mass is 16.5. The van der Waals surface area contributed by atoms with Crippen LogP contribution in [0.1, 0.15) is 50.2 Å². The second-order valence-corrected chi connectivity index (χ2v) is 9.04. The molecule has 2 aliphatic carbocycles. The number of carboxylic acid groups (broad SMARTS) is 1. The van der Waals surface area contributed by atoms with Gasteiger partial charge in [-0.25, -0.2) is 4.79 Å². The van der Waals surface area contributed by atoms with Crippen molar-refractivity contribution in [2.24, 2.45) is 11.8 Å². The first-order chi connectivity index (χ1) is 15.9. The van der Waals surface area contributed by atoms with E-state index < -0.39 is 29.9 Å². The predicted molar refractivity (Wildman–Crippen MR) is 124 cm³/mol. The van der Waals surface area contributed by atoms with Crippen LogP contribution in [-0.4, -0.2) is 41.8 Å². The Bertz CT molecular complexity index is 1010. The van der Waals surface area contributed by atoms with Crippen molar-refractivity contribution in [3.63, 3.8) is 0 Å². The van der Waals surface area contributed by atoms with E-state index in [1.165, 1.54) is 0 Å². The van der Waals surface area contributed by atoms with E-state index in [0.717, 1.165) is 28.7 Å². The number of hydrogen-bond donors (Lipinski definition) is 3. The summed E-state index contributed by atoms with van der Waals surface area (Å²) >= 11 is 0. The number of benzene rings is 2. The third-order valence-corrected chi connectivity index (χ3v) is 7.01. The first-order valence-electron chi connectivity index (χ1n) is 11.5. The summed E-state index contributed by atoms with van der Waals surface area (Å²) < 4.78 is 5.56. The van der Waals surface area contributed by atoms with Gasteiger partial charge in [0.25, 0.3) is 0 Å². The molecular weight excluding hydrogens is 420 g/mol. The molecule has 1 saturated carbocycles. The molecule has 0 radical (unpaired) electrons. The zero-order valence-electron chi connectivity index (χ0n) is 18.9. The summed E-state index contributed by atoms with van der Waals surface area (Å²) in [5.74, 6) is -2.25. The van der Waals surface area contributed by atoms with Gasteiger partial charge in [0.15, 0.2) is 0 Å². The third kappa shape index (κ3) is 4.72. The maximum absolute atomic E-state index is 12.6. The van der Waals surface area contributed by atoms with E-state index >= 15 is 0 Å². The van der Waals surface area contributed by atoms with Gasteiger partial charge in [0.1, 0.15) is 6.61 Å². The molecule has 0 saturated heterocycles. The van der Waals surface area contributed by atoms with Crippen molar-refractivity contribution in [3.8, 4) is 11.1 Å². The zero-order chi connectivity index (χ0) is 23.5. The Morgan fingerprint density at radius 2 is 1.61 bits per heavy atom. The average Bonchev–Trinajstić information content (AvgIpc) is 3.39. The molecule has 33 heavy (non-hydrogen) atoms. The molecule has 0 aromatic heterocycles. The number of carbonyl (C=O) groups is 3. The minimum Gasteiger partial charge on any atom is -0.481 e. The van der Waals surface area contributed by atoms with Crippen LogP contribution in [0.15, 0.2) is 48.5 Å². The monoisotopic (exact) mass is 450 g/mol. The summed E-state index contributed by atoms with van der Waals surface area (Å²) in [4.78, 5) is 36.5.